The van der Waals surface area contributed by atoms with Crippen LogP contribution in [0, 0.1) is 0 Å². The zero-order valence-electron chi connectivity index (χ0n) is 16.5. The van der Waals surface area contributed by atoms with Gasteiger partial charge in [-0.15, -0.1) is 0 Å². The molecule has 7 nitrogen and oxygen atoms in total. The number of amides is 1. The van der Waals surface area contributed by atoms with Crippen LogP contribution in [-0.4, -0.2) is 45.9 Å². The maximum absolute atomic E-state index is 12.9. The number of nitrogens with zero attached hydrogens (tertiary/aromatic N) is 1. The van der Waals surface area contributed by atoms with Crippen LogP contribution in [-0.2, 0) is 14.8 Å². The van der Waals surface area contributed by atoms with Crippen LogP contribution in [0.3, 0.4) is 0 Å². The Morgan fingerprint density at radius 2 is 1.93 bits per heavy atom. The predicted molar refractivity (Wildman–Crippen MR) is 117 cm³/mol. The number of fused-ring (bicyclic) bond motifs is 1. The molecule has 3 rings (SSSR count). The molecule has 1 amide bonds. The highest BCUT2D eigenvalue weighted by molar-refractivity contribution is 7.92. The third-order valence-corrected chi connectivity index (χ3v) is 6.27. The normalized spacial score (nSPS) is 16.6. The van der Waals surface area contributed by atoms with Gasteiger partial charge in [-0.05, 0) is 36.8 Å². The zero-order chi connectivity index (χ0) is 21.9. The van der Waals surface area contributed by atoms with Crippen LogP contribution in [0.4, 0.5) is 5.69 Å². The van der Waals surface area contributed by atoms with E-state index in [1.807, 2.05) is 12.1 Å². The molecule has 2 aromatic carbocycles. The molecular weight excluding hydrogens is 451 g/mol. The molecule has 0 aliphatic carbocycles. The van der Waals surface area contributed by atoms with E-state index in [1.54, 1.807) is 25.1 Å². The number of ether oxygens (including phenoxy) is 2. The monoisotopic (exact) mass is 472 g/mol. The van der Waals surface area contributed by atoms with Crippen LogP contribution in [0.25, 0.3) is 0 Å². The van der Waals surface area contributed by atoms with Gasteiger partial charge in [0.1, 0.15) is 18.8 Å². The molecule has 2 aromatic rings. The molecule has 1 aliphatic heterocycles. The Bertz CT molecular complexity index is 1030. The molecule has 0 spiro atoms. The van der Waals surface area contributed by atoms with E-state index in [0.29, 0.717) is 16.5 Å². The smallest absolute Gasteiger partial charge is 0.244 e. The van der Waals surface area contributed by atoms with Crippen molar-refractivity contribution in [2.24, 2.45) is 0 Å². The molecular formula is C20H22Cl2N2O5S. The number of hydrogen-bond donors (Lipinski definition) is 1. The topological polar surface area (TPSA) is 84.9 Å². The van der Waals surface area contributed by atoms with Crippen LogP contribution in [0.2, 0.25) is 10.0 Å². The lowest BCUT2D eigenvalue weighted by molar-refractivity contribution is -0.122. The summed E-state index contributed by atoms with van der Waals surface area (Å²) in [5, 5.41) is 3.25. The molecule has 0 bridgehead atoms. The number of para-hydroxylation sites is 2. The minimum atomic E-state index is -3.82. The van der Waals surface area contributed by atoms with Gasteiger partial charge in [-0.1, -0.05) is 42.3 Å². The van der Waals surface area contributed by atoms with Crippen LogP contribution in [0.15, 0.2) is 42.5 Å². The first kappa shape index (κ1) is 22.5. The van der Waals surface area contributed by atoms with Crippen molar-refractivity contribution in [3.8, 4) is 11.5 Å². The Labute approximate surface area is 185 Å². The minimum Gasteiger partial charge on any atom is -0.486 e. The number of anilines is 1. The van der Waals surface area contributed by atoms with Crippen molar-refractivity contribution in [2.75, 3.05) is 23.7 Å². The van der Waals surface area contributed by atoms with Gasteiger partial charge in [0.25, 0.3) is 0 Å². The number of halogens is 2. The summed E-state index contributed by atoms with van der Waals surface area (Å²) in [6.07, 6.45) is 0.852. The van der Waals surface area contributed by atoms with Crippen LogP contribution < -0.4 is 19.1 Å². The van der Waals surface area contributed by atoms with E-state index in [4.69, 9.17) is 32.7 Å². The third kappa shape index (κ3) is 5.11. The summed E-state index contributed by atoms with van der Waals surface area (Å²) < 4.78 is 37.6. The van der Waals surface area contributed by atoms with Gasteiger partial charge >= 0.3 is 0 Å². The molecule has 0 unspecified atom stereocenters. The summed E-state index contributed by atoms with van der Waals surface area (Å²) in [6, 6.07) is 10.7. The third-order valence-electron chi connectivity index (χ3n) is 4.55. The Morgan fingerprint density at radius 3 is 2.60 bits per heavy atom. The molecule has 0 fully saturated rings. The standard InChI is InChI=1S/C20H22Cl2N2O5S/c1-3-16(24(30(2,26)27)17-10-13(21)8-9-15(17)22)20(25)23-11-14-12-28-18-6-4-5-7-19(18)29-14/h4-10,14,16H,3,11-12H2,1-2H3,(H,23,25)/t14-,16+/m0/s1. The summed E-state index contributed by atoms with van der Waals surface area (Å²) in [5.74, 6) is 0.769. The Morgan fingerprint density at radius 1 is 1.23 bits per heavy atom. The van der Waals surface area contributed by atoms with Gasteiger partial charge in [0.2, 0.25) is 15.9 Å². The molecule has 0 saturated heterocycles. The van der Waals surface area contributed by atoms with Crippen molar-refractivity contribution in [3.05, 3.63) is 52.5 Å². The number of benzene rings is 2. The van der Waals surface area contributed by atoms with Crippen LogP contribution in [0.5, 0.6) is 11.5 Å². The molecule has 162 valence electrons. The lowest BCUT2D eigenvalue weighted by atomic mass is 10.2. The SMILES string of the molecule is CC[C@H](C(=O)NC[C@H]1COc2ccccc2O1)N(c1cc(Cl)ccc1Cl)S(C)(=O)=O. The van der Waals surface area contributed by atoms with Gasteiger partial charge in [-0.25, -0.2) is 8.42 Å². The quantitative estimate of drug-likeness (QED) is 0.666. The molecule has 10 heteroatoms. The fraction of sp³-hybridized carbons (Fsp3) is 0.350. The number of nitrogens with one attached hydrogen (secondary N) is 1. The summed E-state index contributed by atoms with van der Waals surface area (Å²) in [4.78, 5) is 12.9. The second-order valence-corrected chi connectivity index (χ2v) is 9.52. The summed E-state index contributed by atoms with van der Waals surface area (Å²) in [6.45, 7) is 2.14. The van der Waals surface area contributed by atoms with Crippen molar-refractivity contribution < 1.29 is 22.7 Å². The summed E-state index contributed by atoms with van der Waals surface area (Å²) in [5.41, 5.74) is 0.153. The summed E-state index contributed by atoms with van der Waals surface area (Å²) >= 11 is 12.2. The molecule has 30 heavy (non-hydrogen) atoms. The number of hydrogen-bond acceptors (Lipinski definition) is 5. The van der Waals surface area contributed by atoms with E-state index in [2.05, 4.69) is 5.32 Å². The van der Waals surface area contributed by atoms with Crippen molar-refractivity contribution in [1.82, 2.24) is 5.32 Å². The molecule has 1 N–H and O–H groups in total. The second-order valence-electron chi connectivity index (χ2n) is 6.82. The highest BCUT2D eigenvalue weighted by Gasteiger charge is 2.33. The number of sulfonamides is 1. The molecule has 2 atom stereocenters. The maximum Gasteiger partial charge on any atom is 0.244 e. The average molecular weight is 473 g/mol. The Balaban J connectivity index is 1.76. The maximum atomic E-state index is 12.9. The zero-order valence-corrected chi connectivity index (χ0v) is 18.8. The number of carbonyl (C=O) groups excluding carboxylic acids is 1. The molecule has 0 saturated carbocycles. The van der Waals surface area contributed by atoms with Crippen molar-refractivity contribution in [2.45, 2.75) is 25.5 Å². The average Bonchev–Trinajstić information content (AvgIpc) is 2.71. The van der Waals surface area contributed by atoms with E-state index in [1.165, 1.54) is 12.1 Å². The molecule has 0 aromatic heterocycles. The second kappa shape index (κ2) is 9.32. The summed E-state index contributed by atoms with van der Waals surface area (Å²) in [7, 11) is -3.82. The molecule has 1 heterocycles. The van der Waals surface area contributed by atoms with Gasteiger partial charge in [0.15, 0.2) is 11.5 Å². The van der Waals surface area contributed by atoms with E-state index in [0.717, 1.165) is 10.6 Å². The van der Waals surface area contributed by atoms with Gasteiger partial charge in [-0.3, -0.25) is 9.10 Å². The first-order valence-electron chi connectivity index (χ1n) is 9.31. The van der Waals surface area contributed by atoms with Crippen molar-refractivity contribution in [1.29, 1.82) is 0 Å². The predicted octanol–water partition coefficient (Wildman–Crippen LogP) is 3.49. The van der Waals surface area contributed by atoms with E-state index >= 15 is 0 Å². The van der Waals surface area contributed by atoms with E-state index < -0.39 is 28.1 Å². The minimum absolute atomic E-state index is 0.153. The highest BCUT2D eigenvalue weighted by atomic mass is 35.5. The Kier molecular flexibility index (Phi) is 7.00. The van der Waals surface area contributed by atoms with Crippen molar-refractivity contribution >= 4 is 44.8 Å². The largest absolute Gasteiger partial charge is 0.486 e. The highest BCUT2D eigenvalue weighted by Crippen LogP contribution is 2.33. The lowest BCUT2D eigenvalue weighted by Crippen LogP contribution is -2.51. The van der Waals surface area contributed by atoms with Gasteiger partial charge < -0.3 is 14.8 Å². The van der Waals surface area contributed by atoms with Crippen LogP contribution in [0.1, 0.15) is 13.3 Å². The van der Waals surface area contributed by atoms with Gasteiger partial charge in [0, 0.05) is 5.02 Å². The fourth-order valence-electron chi connectivity index (χ4n) is 3.19. The number of rotatable bonds is 7. The van der Waals surface area contributed by atoms with E-state index in [-0.39, 0.29) is 30.3 Å². The fourth-order valence-corrected chi connectivity index (χ4v) is 4.83. The lowest BCUT2D eigenvalue weighted by Gasteiger charge is -2.32. The first-order chi connectivity index (χ1) is 14.2. The van der Waals surface area contributed by atoms with Crippen LogP contribution >= 0.6 is 23.2 Å². The molecule has 1 aliphatic rings. The van der Waals surface area contributed by atoms with Gasteiger partial charge in [0.05, 0.1) is 23.5 Å². The Hall–Kier alpha value is -2.16. The first-order valence-corrected chi connectivity index (χ1v) is 11.9. The van der Waals surface area contributed by atoms with Gasteiger partial charge in [-0.2, -0.15) is 0 Å². The number of carbonyl (C=O) groups is 1. The van der Waals surface area contributed by atoms with E-state index in [9.17, 15) is 13.2 Å². The molecule has 0 radical (unpaired) electrons. The van der Waals surface area contributed by atoms with Crippen molar-refractivity contribution in [3.63, 3.8) is 0 Å².